The number of nitrogens with one attached hydrogen (secondary N) is 1. The Kier molecular flexibility index (Phi) is 3.72. The summed E-state index contributed by atoms with van der Waals surface area (Å²) in [6.07, 6.45) is 10.4. The fraction of sp³-hybridized carbons (Fsp3) is 1.00. The van der Waals surface area contributed by atoms with Crippen molar-refractivity contribution in [2.45, 2.75) is 51.0 Å². The number of likely N-dealkylation sites (N-methyl/N-ethyl adjacent to an activating group) is 1. The summed E-state index contributed by atoms with van der Waals surface area (Å²) in [5.74, 6) is 3.20. The summed E-state index contributed by atoms with van der Waals surface area (Å²) in [4.78, 5) is 2.55. The number of fused-ring (bicyclic) bond motifs is 2. The molecule has 0 aromatic rings. The molecule has 4 unspecified atom stereocenters. The number of hydrogen-bond acceptors (Lipinski definition) is 2. The van der Waals surface area contributed by atoms with Gasteiger partial charge in [-0.05, 0) is 70.0 Å². The summed E-state index contributed by atoms with van der Waals surface area (Å²) < 4.78 is 0. The minimum atomic E-state index is 0.808. The van der Waals surface area contributed by atoms with Gasteiger partial charge in [0.1, 0.15) is 0 Å². The molecule has 0 radical (unpaired) electrons. The Labute approximate surface area is 106 Å². The summed E-state index contributed by atoms with van der Waals surface area (Å²) in [5.41, 5.74) is 0. The maximum atomic E-state index is 3.77. The highest BCUT2D eigenvalue weighted by molar-refractivity contribution is 4.91. The lowest BCUT2D eigenvalue weighted by molar-refractivity contribution is 0.177. The largest absolute Gasteiger partial charge is 0.315 e. The Morgan fingerprint density at radius 3 is 2.71 bits per heavy atom. The van der Waals surface area contributed by atoms with Crippen LogP contribution in [0.15, 0.2) is 0 Å². The molecule has 1 N–H and O–H groups in total. The van der Waals surface area contributed by atoms with E-state index in [1.807, 2.05) is 0 Å². The van der Waals surface area contributed by atoms with Crippen molar-refractivity contribution in [3.05, 3.63) is 0 Å². The maximum absolute atomic E-state index is 3.77. The SMILES string of the molecule is CN1CCCCC1CNCC1CC2CCC1C2. The van der Waals surface area contributed by atoms with Crippen molar-refractivity contribution in [2.75, 3.05) is 26.7 Å². The highest BCUT2D eigenvalue weighted by Crippen LogP contribution is 2.47. The zero-order valence-electron chi connectivity index (χ0n) is 11.3. The maximum Gasteiger partial charge on any atom is 0.0217 e. The number of hydrogen-bond donors (Lipinski definition) is 1. The van der Waals surface area contributed by atoms with Gasteiger partial charge in [0.15, 0.2) is 0 Å². The molecular formula is C15H28N2. The number of likely N-dealkylation sites (tertiary alicyclic amines) is 1. The first-order chi connectivity index (χ1) is 8.33. The number of rotatable bonds is 4. The average Bonchev–Trinajstić information content (AvgIpc) is 2.94. The third-order valence-electron chi connectivity index (χ3n) is 5.59. The molecule has 1 aliphatic heterocycles. The molecule has 1 heterocycles. The third kappa shape index (κ3) is 2.68. The highest BCUT2D eigenvalue weighted by Gasteiger charge is 2.38. The average molecular weight is 236 g/mol. The molecule has 2 heteroatoms. The van der Waals surface area contributed by atoms with E-state index in [4.69, 9.17) is 0 Å². The molecule has 0 aromatic heterocycles. The molecule has 1 saturated heterocycles. The zero-order chi connectivity index (χ0) is 11.7. The Balaban J connectivity index is 1.37. The van der Waals surface area contributed by atoms with Crippen LogP contribution < -0.4 is 5.32 Å². The monoisotopic (exact) mass is 236 g/mol. The Morgan fingerprint density at radius 1 is 1.06 bits per heavy atom. The normalized spacial score (nSPS) is 42.2. The predicted octanol–water partition coefficient (Wildman–Crippen LogP) is 2.50. The van der Waals surface area contributed by atoms with Crippen molar-refractivity contribution in [3.8, 4) is 0 Å². The second-order valence-corrected chi connectivity index (χ2v) is 6.72. The fourth-order valence-corrected chi connectivity index (χ4v) is 4.46. The van der Waals surface area contributed by atoms with Gasteiger partial charge in [-0.15, -0.1) is 0 Å². The van der Waals surface area contributed by atoms with Gasteiger partial charge in [-0.25, -0.2) is 0 Å². The van der Waals surface area contributed by atoms with Crippen molar-refractivity contribution >= 4 is 0 Å². The standard InChI is InChI=1S/C15H28N2/c1-17-7-3-2-4-15(17)11-16-10-14-9-12-5-6-13(14)8-12/h12-16H,2-11H2,1H3. The van der Waals surface area contributed by atoms with Gasteiger partial charge >= 0.3 is 0 Å². The Morgan fingerprint density at radius 2 is 2.00 bits per heavy atom. The summed E-state index contributed by atoms with van der Waals surface area (Å²) in [5, 5.41) is 3.77. The molecule has 0 spiro atoms. The molecule has 0 aromatic carbocycles. The molecule has 2 bridgehead atoms. The van der Waals surface area contributed by atoms with Crippen molar-refractivity contribution in [1.29, 1.82) is 0 Å². The zero-order valence-corrected chi connectivity index (χ0v) is 11.3. The van der Waals surface area contributed by atoms with E-state index in [1.54, 1.807) is 6.42 Å². The molecule has 3 fully saturated rings. The van der Waals surface area contributed by atoms with E-state index >= 15 is 0 Å². The van der Waals surface area contributed by atoms with E-state index in [0.29, 0.717) is 0 Å². The molecule has 98 valence electrons. The Hall–Kier alpha value is -0.0800. The van der Waals surface area contributed by atoms with Gasteiger partial charge in [0.25, 0.3) is 0 Å². The minimum absolute atomic E-state index is 0.808. The van der Waals surface area contributed by atoms with E-state index < -0.39 is 0 Å². The number of nitrogens with zero attached hydrogens (tertiary/aromatic N) is 1. The lowest BCUT2D eigenvalue weighted by Crippen LogP contribution is -2.44. The lowest BCUT2D eigenvalue weighted by atomic mass is 9.89. The van der Waals surface area contributed by atoms with Crippen LogP contribution in [0, 0.1) is 17.8 Å². The van der Waals surface area contributed by atoms with Crippen LogP contribution in [0.5, 0.6) is 0 Å². The molecule has 2 aliphatic carbocycles. The van der Waals surface area contributed by atoms with Crippen LogP contribution in [0.2, 0.25) is 0 Å². The predicted molar refractivity (Wildman–Crippen MR) is 72.1 cm³/mol. The first-order valence-electron chi connectivity index (χ1n) is 7.74. The van der Waals surface area contributed by atoms with Crippen molar-refractivity contribution in [3.63, 3.8) is 0 Å². The lowest BCUT2D eigenvalue weighted by Gasteiger charge is -2.33. The van der Waals surface area contributed by atoms with Gasteiger partial charge in [-0.2, -0.15) is 0 Å². The van der Waals surface area contributed by atoms with Crippen molar-refractivity contribution in [2.24, 2.45) is 17.8 Å². The molecule has 2 saturated carbocycles. The van der Waals surface area contributed by atoms with E-state index in [0.717, 1.165) is 23.8 Å². The smallest absolute Gasteiger partial charge is 0.0217 e. The molecular weight excluding hydrogens is 208 g/mol. The van der Waals surface area contributed by atoms with E-state index in [9.17, 15) is 0 Å². The van der Waals surface area contributed by atoms with Crippen molar-refractivity contribution in [1.82, 2.24) is 10.2 Å². The molecule has 4 atom stereocenters. The fourth-order valence-electron chi connectivity index (χ4n) is 4.46. The van der Waals surface area contributed by atoms with E-state index in [2.05, 4.69) is 17.3 Å². The van der Waals surface area contributed by atoms with Crippen LogP contribution in [0.4, 0.5) is 0 Å². The second kappa shape index (κ2) is 5.27. The van der Waals surface area contributed by atoms with Gasteiger partial charge < -0.3 is 10.2 Å². The third-order valence-corrected chi connectivity index (χ3v) is 5.59. The topological polar surface area (TPSA) is 15.3 Å². The molecule has 2 nitrogen and oxygen atoms in total. The number of piperidine rings is 1. The van der Waals surface area contributed by atoms with Gasteiger partial charge in [-0.3, -0.25) is 0 Å². The van der Waals surface area contributed by atoms with Crippen molar-refractivity contribution < 1.29 is 0 Å². The van der Waals surface area contributed by atoms with Crippen LogP contribution in [0.1, 0.15) is 44.9 Å². The summed E-state index contributed by atoms with van der Waals surface area (Å²) in [7, 11) is 2.29. The van der Waals surface area contributed by atoms with Crippen LogP contribution in [-0.2, 0) is 0 Å². The van der Waals surface area contributed by atoms with Gasteiger partial charge in [0, 0.05) is 12.6 Å². The minimum Gasteiger partial charge on any atom is -0.315 e. The highest BCUT2D eigenvalue weighted by atomic mass is 15.2. The molecule has 0 amide bonds. The summed E-state index contributed by atoms with van der Waals surface area (Å²) >= 11 is 0. The van der Waals surface area contributed by atoms with Crippen LogP contribution in [0.25, 0.3) is 0 Å². The van der Waals surface area contributed by atoms with Gasteiger partial charge in [-0.1, -0.05) is 12.8 Å². The quantitative estimate of drug-likeness (QED) is 0.807. The summed E-state index contributed by atoms with van der Waals surface area (Å²) in [6.45, 7) is 3.83. The first kappa shape index (κ1) is 12.0. The molecule has 3 aliphatic rings. The van der Waals surface area contributed by atoms with Crippen LogP contribution in [-0.4, -0.2) is 37.6 Å². The van der Waals surface area contributed by atoms with E-state index in [-0.39, 0.29) is 0 Å². The summed E-state index contributed by atoms with van der Waals surface area (Å²) in [6, 6.07) is 0.808. The van der Waals surface area contributed by atoms with Gasteiger partial charge in [0.2, 0.25) is 0 Å². The van der Waals surface area contributed by atoms with E-state index in [1.165, 1.54) is 58.2 Å². The molecule has 3 rings (SSSR count). The van der Waals surface area contributed by atoms with Crippen LogP contribution >= 0.6 is 0 Å². The second-order valence-electron chi connectivity index (χ2n) is 6.72. The molecule has 17 heavy (non-hydrogen) atoms. The van der Waals surface area contributed by atoms with Crippen LogP contribution in [0.3, 0.4) is 0 Å². The van der Waals surface area contributed by atoms with Gasteiger partial charge in [0.05, 0.1) is 0 Å². The Bertz CT molecular complexity index is 251. The first-order valence-corrected chi connectivity index (χ1v) is 7.74.